The molecular weight excluding hydrogens is 266 g/mol. The van der Waals surface area contributed by atoms with Crippen molar-refractivity contribution in [3.63, 3.8) is 0 Å². The first-order valence-corrected chi connectivity index (χ1v) is 6.64. The maximum atomic E-state index is 11.7. The van der Waals surface area contributed by atoms with Gasteiger partial charge in [-0.25, -0.2) is 13.2 Å². The fraction of sp³-hybridized carbons (Fsp3) is 0. The lowest BCUT2D eigenvalue weighted by Crippen LogP contribution is -2.11. The van der Waals surface area contributed by atoms with Gasteiger partial charge < -0.3 is 5.11 Å². The van der Waals surface area contributed by atoms with Gasteiger partial charge in [0.25, 0.3) is 10.0 Å². The summed E-state index contributed by atoms with van der Waals surface area (Å²) in [5.41, 5.74) is 0. The van der Waals surface area contributed by atoms with Gasteiger partial charge in [-0.05, 0) is 12.1 Å². The third-order valence-electron chi connectivity index (χ3n) is 1.84. The number of carbonyl (C=O) groups is 1. The van der Waals surface area contributed by atoms with Crippen LogP contribution in [0.4, 0.5) is 5.00 Å². The molecule has 2 rings (SSSR count). The molecule has 0 aliphatic heterocycles. The first kappa shape index (κ1) is 11.6. The van der Waals surface area contributed by atoms with Gasteiger partial charge >= 0.3 is 5.97 Å². The van der Waals surface area contributed by atoms with Crippen LogP contribution in [0.3, 0.4) is 0 Å². The summed E-state index contributed by atoms with van der Waals surface area (Å²) in [7, 11) is -3.71. The highest BCUT2D eigenvalue weighted by Gasteiger charge is 2.17. The van der Waals surface area contributed by atoms with Crippen LogP contribution in [-0.4, -0.2) is 29.7 Å². The number of thiophene rings is 1. The first-order valence-electron chi connectivity index (χ1n) is 4.34. The fourth-order valence-electron chi connectivity index (χ4n) is 1.09. The van der Waals surface area contributed by atoms with Gasteiger partial charge in [0.15, 0.2) is 0 Å². The average molecular weight is 273 g/mol. The molecule has 0 radical (unpaired) electrons. The second-order valence-electron chi connectivity index (χ2n) is 3.01. The van der Waals surface area contributed by atoms with E-state index < -0.39 is 16.0 Å². The lowest BCUT2D eigenvalue weighted by molar-refractivity contribution is 0.0702. The van der Waals surface area contributed by atoms with Gasteiger partial charge in [0.05, 0.1) is 6.20 Å². The Morgan fingerprint density at radius 1 is 1.47 bits per heavy atom. The zero-order valence-corrected chi connectivity index (χ0v) is 9.88. The molecule has 0 bridgehead atoms. The Morgan fingerprint density at radius 2 is 2.24 bits per heavy atom. The highest BCUT2D eigenvalue weighted by molar-refractivity contribution is 7.93. The van der Waals surface area contributed by atoms with Crippen molar-refractivity contribution in [1.82, 2.24) is 10.2 Å². The van der Waals surface area contributed by atoms with Gasteiger partial charge in [-0.15, -0.1) is 11.3 Å². The summed E-state index contributed by atoms with van der Waals surface area (Å²) in [4.78, 5) is 10.7. The van der Waals surface area contributed by atoms with Crippen molar-refractivity contribution in [2.75, 3.05) is 4.72 Å². The van der Waals surface area contributed by atoms with Crippen molar-refractivity contribution in [3.8, 4) is 0 Å². The van der Waals surface area contributed by atoms with Crippen LogP contribution in [0.2, 0.25) is 0 Å². The monoisotopic (exact) mass is 273 g/mol. The average Bonchev–Trinajstić information content (AvgIpc) is 2.85. The molecule has 90 valence electrons. The molecule has 0 unspecified atom stereocenters. The van der Waals surface area contributed by atoms with Crippen LogP contribution in [-0.2, 0) is 10.0 Å². The number of aromatic amines is 1. The standard InChI is InChI=1S/C8H7N3O4S2/c12-8(13)6-1-2-7(16-6)11-17(14,15)5-3-9-10-4-5/h1-4,11H,(H,9,10)(H,12,13). The van der Waals surface area contributed by atoms with E-state index >= 15 is 0 Å². The van der Waals surface area contributed by atoms with Crippen LogP contribution in [0.25, 0.3) is 0 Å². The summed E-state index contributed by atoms with van der Waals surface area (Å²) in [5, 5.41) is 14.9. The lowest BCUT2D eigenvalue weighted by Gasteiger charge is -2.01. The summed E-state index contributed by atoms with van der Waals surface area (Å²) in [6.45, 7) is 0. The Morgan fingerprint density at radius 3 is 2.76 bits per heavy atom. The summed E-state index contributed by atoms with van der Waals surface area (Å²) in [6, 6.07) is 2.73. The lowest BCUT2D eigenvalue weighted by atomic mass is 10.5. The number of H-pyrrole nitrogens is 1. The molecule has 2 aromatic heterocycles. The number of sulfonamides is 1. The molecule has 2 aromatic rings. The number of hydrogen-bond acceptors (Lipinski definition) is 5. The molecule has 0 saturated carbocycles. The summed E-state index contributed by atoms with van der Waals surface area (Å²) in [5.74, 6) is -1.09. The van der Waals surface area contributed by atoms with Crippen molar-refractivity contribution >= 4 is 32.3 Å². The number of carboxylic acid groups (broad SMARTS) is 1. The van der Waals surface area contributed by atoms with Crippen LogP contribution < -0.4 is 4.72 Å². The Bertz CT molecular complexity index is 630. The number of nitrogens with zero attached hydrogens (tertiary/aromatic N) is 1. The molecule has 0 aromatic carbocycles. The fourth-order valence-corrected chi connectivity index (χ4v) is 3.03. The van der Waals surface area contributed by atoms with E-state index in [1.54, 1.807) is 0 Å². The molecular formula is C8H7N3O4S2. The van der Waals surface area contributed by atoms with E-state index in [0.717, 1.165) is 17.5 Å². The third kappa shape index (κ3) is 2.45. The largest absolute Gasteiger partial charge is 0.477 e. The highest BCUT2D eigenvalue weighted by Crippen LogP contribution is 2.24. The first-order chi connectivity index (χ1) is 7.99. The molecule has 7 nitrogen and oxygen atoms in total. The third-order valence-corrected chi connectivity index (χ3v) is 4.29. The SMILES string of the molecule is O=C(O)c1ccc(NS(=O)(=O)c2cn[nH]c2)s1. The normalized spacial score (nSPS) is 11.3. The smallest absolute Gasteiger partial charge is 0.345 e. The molecule has 0 aliphatic carbocycles. The van der Waals surface area contributed by atoms with E-state index in [1.165, 1.54) is 18.3 Å². The molecule has 0 atom stereocenters. The second-order valence-corrected chi connectivity index (χ2v) is 5.77. The Balaban J connectivity index is 2.24. The van der Waals surface area contributed by atoms with Crippen LogP contribution in [0.15, 0.2) is 29.4 Å². The summed E-state index contributed by atoms with van der Waals surface area (Å²) >= 11 is 0.845. The highest BCUT2D eigenvalue weighted by atomic mass is 32.2. The van der Waals surface area contributed by atoms with Crippen molar-refractivity contribution in [1.29, 1.82) is 0 Å². The molecule has 2 heterocycles. The van der Waals surface area contributed by atoms with E-state index in [4.69, 9.17) is 5.11 Å². The van der Waals surface area contributed by atoms with E-state index in [1.807, 2.05) is 0 Å². The van der Waals surface area contributed by atoms with E-state index in [9.17, 15) is 13.2 Å². The number of nitrogens with one attached hydrogen (secondary N) is 2. The van der Waals surface area contributed by atoms with Crippen LogP contribution in [0, 0.1) is 0 Å². The van der Waals surface area contributed by atoms with Crippen molar-refractivity contribution < 1.29 is 18.3 Å². The molecule has 3 N–H and O–H groups in total. The van der Waals surface area contributed by atoms with Crippen molar-refractivity contribution in [2.24, 2.45) is 0 Å². The Hall–Kier alpha value is -1.87. The van der Waals surface area contributed by atoms with Crippen LogP contribution in [0.1, 0.15) is 9.67 Å². The molecule has 9 heteroatoms. The minimum atomic E-state index is -3.71. The number of aromatic carboxylic acids is 1. The Kier molecular flexibility index (Phi) is 2.86. The van der Waals surface area contributed by atoms with Crippen LogP contribution in [0.5, 0.6) is 0 Å². The number of carboxylic acids is 1. The van der Waals surface area contributed by atoms with E-state index in [2.05, 4.69) is 14.9 Å². The summed E-state index contributed by atoms with van der Waals surface area (Å²) < 4.78 is 25.7. The molecule has 0 amide bonds. The number of hydrogen-bond donors (Lipinski definition) is 3. The van der Waals surface area contributed by atoms with Crippen molar-refractivity contribution in [2.45, 2.75) is 4.90 Å². The van der Waals surface area contributed by atoms with Gasteiger partial charge in [-0.3, -0.25) is 9.82 Å². The zero-order chi connectivity index (χ0) is 12.5. The molecule has 0 fully saturated rings. The quantitative estimate of drug-likeness (QED) is 0.768. The van der Waals surface area contributed by atoms with Crippen LogP contribution >= 0.6 is 11.3 Å². The van der Waals surface area contributed by atoms with Crippen molar-refractivity contribution in [3.05, 3.63) is 29.4 Å². The van der Waals surface area contributed by atoms with Gasteiger partial charge in [0.1, 0.15) is 14.8 Å². The molecule has 0 aliphatic rings. The Labute approximate surface area is 100 Å². The number of rotatable bonds is 4. The van der Waals surface area contributed by atoms with E-state index in [0.29, 0.717) is 0 Å². The molecule has 17 heavy (non-hydrogen) atoms. The van der Waals surface area contributed by atoms with E-state index in [-0.39, 0.29) is 14.8 Å². The zero-order valence-electron chi connectivity index (χ0n) is 8.25. The number of anilines is 1. The van der Waals surface area contributed by atoms with Gasteiger partial charge in [-0.1, -0.05) is 0 Å². The predicted molar refractivity (Wildman–Crippen MR) is 60.7 cm³/mol. The predicted octanol–water partition coefficient (Wildman–Crippen LogP) is 0.970. The minimum Gasteiger partial charge on any atom is -0.477 e. The van der Waals surface area contributed by atoms with Gasteiger partial charge in [-0.2, -0.15) is 5.10 Å². The second kappa shape index (κ2) is 4.18. The van der Waals surface area contributed by atoms with Gasteiger partial charge in [0, 0.05) is 6.20 Å². The molecule has 0 spiro atoms. The minimum absolute atomic E-state index is 0.0113. The topological polar surface area (TPSA) is 112 Å². The summed E-state index contributed by atoms with van der Waals surface area (Å²) in [6.07, 6.45) is 2.39. The molecule has 0 saturated heterocycles. The van der Waals surface area contributed by atoms with Gasteiger partial charge in [0.2, 0.25) is 0 Å². The maximum Gasteiger partial charge on any atom is 0.345 e. The number of aromatic nitrogens is 2. The maximum absolute atomic E-state index is 11.7.